The predicted molar refractivity (Wildman–Crippen MR) is 72.0 cm³/mol. The Morgan fingerprint density at radius 3 is 2.59 bits per heavy atom. The third-order valence-electron chi connectivity index (χ3n) is 3.70. The Balaban J connectivity index is 1.69. The van der Waals surface area contributed by atoms with Crippen LogP contribution in [0.1, 0.15) is 31.2 Å². The van der Waals surface area contributed by atoms with E-state index >= 15 is 0 Å². The molecule has 17 heavy (non-hydrogen) atoms. The summed E-state index contributed by atoms with van der Waals surface area (Å²) in [6.07, 6.45) is 5.55. The third kappa shape index (κ3) is 2.93. The van der Waals surface area contributed by atoms with Crippen LogP contribution in [0.4, 0.5) is 5.69 Å². The number of halogens is 1. The first-order chi connectivity index (χ1) is 8.22. The van der Waals surface area contributed by atoms with Crippen LogP contribution in [0.15, 0.2) is 18.2 Å². The molecule has 92 valence electrons. The van der Waals surface area contributed by atoms with Gasteiger partial charge in [0.05, 0.1) is 0 Å². The van der Waals surface area contributed by atoms with Crippen LogP contribution in [0.3, 0.4) is 0 Å². The molecule has 0 bridgehead atoms. The maximum atomic E-state index is 6.24. The lowest BCUT2D eigenvalue weighted by Crippen LogP contribution is -2.27. The van der Waals surface area contributed by atoms with Gasteiger partial charge >= 0.3 is 0 Å². The molecule has 0 atom stereocenters. The van der Waals surface area contributed by atoms with E-state index in [0.717, 1.165) is 29.2 Å². The first-order valence-electron chi connectivity index (χ1n) is 6.50. The zero-order chi connectivity index (χ0) is 11.8. The van der Waals surface area contributed by atoms with Crippen LogP contribution in [0, 0.1) is 5.92 Å². The van der Waals surface area contributed by atoms with E-state index in [4.69, 9.17) is 17.3 Å². The molecule has 2 fully saturated rings. The summed E-state index contributed by atoms with van der Waals surface area (Å²) in [6, 6.07) is 6.69. The Morgan fingerprint density at radius 2 is 2.00 bits per heavy atom. The van der Waals surface area contributed by atoms with Crippen LogP contribution < -0.4 is 5.73 Å². The van der Waals surface area contributed by atoms with Crippen LogP contribution in [0.25, 0.3) is 0 Å². The Kier molecular flexibility index (Phi) is 3.01. The summed E-state index contributed by atoms with van der Waals surface area (Å²) in [5, 5.41) is 0.812. The van der Waals surface area contributed by atoms with Crippen molar-refractivity contribution in [1.82, 2.24) is 4.90 Å². The van der Waals surface area contributed by atoms with Gasteiger partial charge in [0, 0.05) is 29.8 Å². The van der Waals surface area contributed by atoms with Gasteiger partial charge in [0.15, 0.2) is 0 Å². The monoisotopic (exact) mass is 250 g/mol. The van der Waals surface area contributed by atoms with Crippen molar-refractivity contribution in [3.63, 3.8) is 0 Å². The van der Waals surface area contributed by atoms with Gasteiger partial charge in [-0.25, -0.2) is 0 Å². The second-order valence-corrected chi connectivity index (χ2v) is 5.86. The molecule has 2 saturated carbocycles. The summed E-state index contributed by atoms with van der Waals surface area (Å²) in [5.74, 6) is 0.947. The molecule has 2 aliphatic rings. The summed E-state index contributed by atoms with van der Waals surface area (Å²) in [5.41, 5.74) is 7.69. The summed E-state index contributed by atoms with van der Waals surface area (Å²) >= 11 is 6.24. The van der Waals surface area contributed by atoms with Gasteiger partial charge in [0.1, 0.15) is 0 Å². The molecule has 2 nitrogen and oxygen atoms in total. The zero-order valence-corrected chi connectivity index (χ0v) is 10.8. The minimum atomic E-state index is 0.749. The van der Waals surface area contributed by atoms with Gasteiger partial charge in [-0.1, -0.05) is 17.7 Å². The highest BCUT2D eigenvalue weighted by molar-refractivity contribution is 6.31. The van der Waals surface area contributed by atoms with E-state index in [1.54, 1.807) is 0 Å². The lowest BCUT2D eigenvalue weighted by atomic mass is 10.2. The first-order valence-corrected chi connectivity index (χ1v) is 6.88. The lowest BCUT2D eigenvalue weighted by molar-refractivity contribution is 0.244. The number of rotatable bonds is 5. The highest BCUT2D eigenvalue weighted by atomic mass is 35.5. The molecule has 1 aromatic rings. The number of hydrogen-bond acceptors (Lipinski definition) is 2. The molecule has 0 unspecified atom stereocenters. The second kappa shape index (κ2) is 4.51. The number of benzene rings is 1. The van der Waals surface area contributed by atoms with Crippen molar-refractivity contribution in [2.24, 2.45) is 5.92 Å². The fraction of sp³-hybridized carbons (Fsp3) is 0.571. The quantitative estimate of drug-likeness (QED) is 0.813. The molecule has 3 rings (SSSR count). The molecule has 0 heterocycles. The van der Waals surface area contributed by atoms with Crippen molar-refractivity contribution in [2.75, 3.05) is 12.3 Å². The van der Waals surface area contributed by atoms with E-state index in [1.165, 1.54) is 37.8 Å². The fourth-order valence-corrected chi connectivity index (χ4v) is 2.57. The number of nitrogen functional groups attached to an aromatic ring is 1. The van der Waals surface area contributed by atoms with Crippen LogP contribution in [0.2, 0.25) is 5.02 Å². The summed E-state index contributed by atoms with van der Waals surface area (Å²) < 4.78 is 0. The minimum Gasteiger partial charge on any atom is -0.399 e. The molecule has 3 heteroatoms. The Morgan fingerprint density at radius 1 is 1.24 bits per heavy atom. The maximum absolute atomic E-state index is 6.24. The predicted octanol–water partition coefficient (Wildman–Crippen LogP) is 3.30. The molecule has 2 N–H and O–H groups in total. The van der Waals surface area contributed by atoms with Crippen molar-refractivity contribution >= 4 is 17.3 Å². The number of nitrogens with two attached hydrogens (primary N) is 1. The van der Waals surface area contributed by atoms with Gasteiger partial charge < -0.3 is 5.73 Å². The van der Waals surface area contributed by atoms with Crippen LogP contribution in [-0.4, -0.2) is 17.5 Å². The third-order valence-corrected chi connectivity index (χ3v) is 4.06. The normalized spacial score (nSPS) is 19.9. The summed E-state index contributed by atoms with van der Waals surface area (Å²) in [6.45, 7) is 2.24. The first kappa shape index (κ1) is 11.4. The van der Waals surface area contributed by atoms with Gasteiger partial charge in [-0.15, -0.1) is 0 Å². The van der Waals surface area contributed by atoms with E-state index in [9.17, 15) is 0 Å². The van der Waals surface area contributed by atoms with Crippen molar-refractivity contribution < 1.29 is 0 Å². The number of nitrogens with zero attached hydrogens (tertiary/aromatic N) is 1. The van der Waals surface area contributed by atoms with Crippen molar-refractivity contribution in [1.29, 1.82) is 0 Å². The lowest BCUT2D eigenvalue weighted by Gasteiger charge is -2.22. The summed E-state index contributed by atoms with van der Waals surface area (Å²) in [4.78, 5) is 2.61. The molecular weight excluding hydrogens is 232 g/mol. The van der Waals surface area contributed by atoms with Gasteiger partial charge in [0.2, 0.25) is 0 Å². The van der Waals surface area contributed by atoms with Crippen LogP contribution >= 0.6 is 11.6 Å². The Labute approximate surface area is 108 Å². The largest absolute Gasteiger partial charge is 0.399 e. The highest BCUT2D eigenvalue weighted by Crippen LogP contribution is 2.36. The average Bonchev–Trinajstić information content (AvgIpc) is 3.14. The fourth-order valence-electron chi connectivity index (χ4n) is 2.33. The number of hydrogen-bond donors (Lipinski definition) is 1. The minimum absolute atomic E-state index is 0.749. The number of anilines is 1. The molecule has 0 radical (unpaired) electrons. The van der Waals surface area contributed by atoms with Gasteiger partial charge in [-0.05, 0) is 49.3 Å². The Hall–Kier alpha value is -0.730. The van der Waals surface area contributed by atoms with Crippen molar-refractivity contribution in [3.8, 4) is 0 Å². The van der Waals surface area contributed by atoms with Gasteiger partial charge in [-0.2, -0.15) is 0 Å². The Bertz CT molecular complexity index is 411. The molecular formula is C14H19ClN2. The van der Waals surface area contributed by atoms with Crippen LogP contribution in [0.5, 0.6) is 0 Å². The smallest absolute Gasteiger partial charge is 0.0471 e. The van der Waals surface area contributed by atoms with Gasteiger partial charge in [0.25, 0.3) is 0 Å². The topological polar surface area (TPSA) is 29.3 Å². The van der Waals surface area contributed by atoms with Gasteiger partial charge in [-0.3, -0.25) is 4.90 Å². The average molecular weight is 251 g/mol. The van der Waals surface area contributed by atoms with Crippen molar-refractivity contribution in [3.05, 3.63) is 28.8 Å². The molecule has 0 aliphatic heterocycles. The standard InChI is InChI=1S/C14H19ClN2/c15-14-7-12(16)4-3-11(14)9-17(13-5-6-13)8-10-1-2-10/h3-4,7,10,13H,1-2,5-6,8-9,16H2. The molecule has 0 spiro atoms. The van der Waals surface area contributed by atoms with E-state index in [2.05, 4.69) is 11.0 Å². The SMILES string of the molecule is Nc1ccc(CN(CC2CC2)C2CC2)c(Cl)c1. The molecule has 0 saturated heterocycles. The highest BCUT2D eigenvalue weighted by Gasteiger charge is 2.33. The van der Waals surface area contributed by atoms with E-state index < -0.39 is 0 Å². The van der Waals surface area contributed by atoms with E-state index in [1.807, 2.05) is 12.1 Å². The molecule has 0 amide bonds. The van der Waals surface area contributed by atoms with E-state index in [-0.39, 0.29) is 0 Å². The molecule has 0 aromatic heterocycles. The molecule has 2 aliphatic carbocycles. The maximum Gasteiger partial charge on any atom is 0.0471 e. The summed E-state index contributed by atoms with van der Waals surface area (Å²) in [7, 11) is 0. The second-order valence-electron chi connectivity index (χ2n) is 5.45. The van der Waals surface area contributed by atoms with Crippen molar-refractivity contribution in [2.45, 2.75) is 38.3 Å². The molecule has 1 aromatic carbocycles. The van der Waals surface area contributed by atoms with Crippen LogP contribution in [-0.2, 0) is 6.54 Å². The zero-order valence-electron chi connectivity index (χ0n) is 10.0. The van der Waals surface area contributed by atoms with E-state index in [0.29, 0.717) is 0 Å².